The first-order valence-corrected chi connectivity index (χ1v) is 18.6. The van der Waals surface area contributed by atoms with E-state index in [9.17, 15) is 0 Å². The highest BCUT2D eigenvalue weighted by Crippen LogP contribution is 2.64. The van der Waals surface area contributed by atoms with Crippen molar-refractivity contribution < 1.29 is 4.74 Å². The second-order valence-electron chi connectivity index (χ2n) is 15.8. The Morgan fingerprint density at radius 3 is 1.96 bits per heavy atom. The fraction of sp³-hybridized carbons (Fsp3) is 0.120. The summed E-state index contributed by atoms with van der Waals surface area (Å²) >= 11 is 0. The molecule has 0 fully saturated rings. The third kappa shape index (κ3) is 4.05. The maximum absolute atomic E-state index is 6.92. The molecular formula is C50H38N2O. The summed E-state index contributed by atoms with van der Waals surface area (Å²) in [5.41, 5.74) is 14.2. The molecule has 3 aliphatic rings. The minimum Gasteiger partial charge on any atom is -0.453 e. The van der Waals surface area contributed by atoms with Crippen LogP contribution in [-0.2, 0) is 10.8 Å². The molecule has 2 heterocycles. The lowest BCUT2D eigenvalue weighted by molar-refractivity contribution is 0.472. The highest BCUT2D eigenvalue weighted by molar-refractivity contribution is 6.08. The standard InChI is InChI=1S/C50H38N2O/c1-49(2)38-20-10-9-19-36(38)37-26-25-33(30-40(37)49)51(41-23-13-16-31-14-5-7-17-34(31)41)43-27-29-45-48-46(43)50(3,4)39-21-11-12-22-42(39)52(48)47-35-18-8-6-15-32(35)24-28-44(47)53-45/h5-30H,1-4H3. The Morgan fingerprint density at radius 1 is 0.472 bits per heavy atom. The molecule has 3 nitrogen and oxygen atoms in total. The molecule has 11 rings (SSSR count). The summed E-state index contributed by atoms with van der Waals surface area (Å²) < 4.78 is 6.92. The van der Waals surface area contributed by atoms with Gasteiger partial charge in [0.05, 0.1) is 28.4 Å². The Kier molecular flexibility index (Phi) is 6.07. The zero-order chi connectivity index (χ0) is 35.6. The van der Waals surface area contributed by atoms with Gasteiger partial charge in [-0.05, 0) is 81.1 Å². The van der Waals surface area contributed by atoms with E-state index in [1.54, 1.807) is 0 Å². The number of hydrogen-bond donors (Lipinski definition) is 0. The molecule has 0 saturated carbocycles. The van der Waals surface area contributed by atoms with Crippen LogP contribution in [0.25, 0.3) is 32.7 Å². The molecule has 0 amide bonds. The number of benzene rings is 8. The number of anilines is 6. The lowest BCUT2D eigenvalue weighted by atomic mass is 9.72. The number of para-hydroxylation sites is 1. The lowest BCUT2D eigenvalue weighted by Crippen LogP contribution is -2.34. The number of fused-ring (bicyclic) bond motifs is 10. The molecule has 0 radical (unpaired) electrons. The largest absolute Gasteiger partial charge is 0.453 e. The summed E-state index contributed by atoms with van der Waals surface area (Å²) in [5, 5.41) is 4.79. The van der Waals surface area contributed by atoms with Gasteiger partial charge in [0.1, 0.15) is 0 Å². The molecule has 0 unspecified atom stereocenters. The van der Waals surface area contributed by atoms with Crippen molar-refractivity contribution in [3.63, 3.8) is 0 Å². The fourth-order valence-electron chi connectivity index (χ4n) is 9.66. The second kappa shape index (κ2) is 10.6. The van der Waals surface area contributed by atoms with Gasteiger partial charge in [-0.15, -0.1) is 0 Å². The summed E-state index contributed by atoms with van der Waals surface area (Å²) in [6.07, 6.45) is 0. The molecule has 0 N–H and O–H groups in total. The predicted molar refractivity (Wildman–Crippen MR) is 221 cm³/mol. The molecule has 1 aliphatic carbocycles. The molecule has 2 aliphatic heterocycles. The van der Waals surface area contributed by atoms with Gasteiger partial charge in [-0.25, -0.2) is 0 Å². The molecular weight excluding hydrogens is 645 g/mol. The SMILES string of the molecule is CC1(C)c2ccccc2-c2ccc(N(c3ccc4c5c3C(C)(C)c3ccccc3N5c3c(ccc5ccccc35)O4)c3cccc4ccccc34)cc21. The van der Waals surface area contributed by atoms with Gasteiger partial charge in [0.2, 0.25) is 0 Å². The average molecular weight is 683 g/mol. The van der Waals surface area contributed by atoms with Gasteiger partial charge >= 0.3 is 0 Å². The van der Waals surface area contributed by atoms with E-state index in [0.717, 1.165) is 39.9 Å². The van der Waals surface area contributed by atoms with Gasteiger partial charge in [-0.1, -0.05) is 143 Å². The molecule has 53 heavy (non-hydrogen) atoms. The molecule has 0 aromatic heterocycles. The quantitative estimate of drug-likeness (QED) is 0.184. The average Bonchev–Trinajstić information content (AvgIpc) is 3.42. The van der Waals surface area contributed by atoms with Crippen molar-refractivity contribution in [1.82, 2.24) is 0 Å². The van der Waals surface area contributed by atoms with Crippen LogP contribution in [0.3, 0.4) is 0 Å². The Hall–Kier alpha value is -6.32. The van der Waals surface area contributed by atoms with Crippen LogP contribution in [0, 0.1) is 0 Å². The van der Waals surface area contributed by atoms with E-state index < -0.39 is 0 Å². The van der Waals surface area contributed by atoms with Gasteiger partial charge in [0.15, 0.2) is 11.5 Å². The van der Waals surface area contributed by atoms with E-state index in [4.69, 9.17) is 4.74 Å². The Balaban J connectivity index is 1.24. The van der Waals surface area contributed by atoms with Gasteiger partial charge in [0, 0.05) is 32.9 Å². The van der Waals surface area contributed by atoms with Crippen LogP contribution in [0.1, 0.15) is 49.9 Å². The van der Waals surface area contributed by atoms with Crippen molar-refractivity contribution in [2.45, 2.75) is 38.5 Å². The summed E-state index contributed by atoms with van der Waals surface area (Å²) in [5.74, 6) is 1.74. The molecule has 8 aromatic rings. The summed E-state index contributed by atoms with van der Waals surface area (Å²) in [6.45, 7) is 9.49. The zero-order valence-corrected chi connectivity index (χ0v) is 30.3. The second-order valence-corrected chi connectivity index (χ2v) is 15.8. The van der Waals surface area contributed by atoms with Crippen LogP contribution in [0.4, 0.5) is 34.1 Å². The normalized spacial score (nSPS) is 15.2. The van der Waals surface area contributed by atoms with Crippen LogP contribution in [-0.4, -0.2) is 0 Å². The molecule has 0 bridgehead atoms. The highest BCUT2D eigenvalue weighted by atomic mass is 16.5. The van der Waals surface area contributed by atoms with Crippen molar-refractivity contribution in [1.29, 1.82) is 0 Å². The molecule has 0 saturated heterocycles. The monoisotopic (exact) mass is 682 g/mol. The van der Waals surface area contributed by atoms with Crippen LogP contribution in [0.5, 0.6) is 11.5 Å². The van der Waals surface area contributed by atoms with Gasteiger partial charge in [-0.3, -0.25) is 0 Å². The van der Waals surface area contributed by atoms with Gasteiger partial charge in [0.25, 0.3) is 0 Å². The van der Waals surface area contributed by atoms with Crippen LogP contribution in [0.2, 0.25) is 0 Å². The summed E-state index contributed by atoms with van der Waals surface area (Å²) in [4.78, 5) is 5.00. The van der Waals surface area contributed by atoms with Crippen LogP contribution < -0.4 is 14.5 Å². The first-order valence-electron chi connectivity index (χ1n) is 18.6. The number of rotatable bonds is 3. The topological polar surface area (TPSA) is 15.7 Å². The third-order valence-electron chi connectivity index (χ3n) is 12.2. The highest BCUT2D eigenvalue weighted by Gasteiger charge is 2.45. The Labute approximate surface area is 310 Å². The zero-order valence-electron chi connectivity index (χ0n) is 30.3. The van der Waals surface area contributed by atoms with E-state index in [1.165, 1.54) is 60.6 Å². The van der Waals surface area contributed by atoms with Crippen molar-refractivity contribution in [3.05, 3.63) is 180 Å². The van der Waals surface area contributed by atoms with Crippen molar-refractivity contribution in [2.75, 3.05) is 9.80 Å². The van der Waals surface area contributed by atoms with E-state index in [1.807, 2.05) is 0 Å². The summed E-state index contributed by atoms with van der Waals surface area (Å²) in [6, 6.07) is 57.8. The summed E-state index contributed by atoms with van der Waals surface area (Å²) in [7, 11) is 0. The van der Waals surface area contributed by atoms with Crippen molar-refractivity contribution >= 4 is 55.7 Å². The number of hydrogen-bond acceptors (Lipinski definition) is 3. The minimum absolute atomic E-state index is 0.135. The van der Waals surface area contributed by atoms with E-state index in [2.05, 4.69) is 195 Å². The van der Waals surface area contributed by atoms with Crippen LogP contribution >= 0.6 is 0 Å². The predicted octanol–water partition coefficient (Wildman–Crippen LogP) is 14.0. The smallest absolute Gasteiger partial charge is 0.152 e. The van der Waals surface area contributed by atoms with Crippen molar-refractivity contribution in [3.8, 4) is 22.6 Å². The van der Waals surface area contributed by atoms with Gasteiger partial charge in [-0.2, -0.15) is 0 Å². The first kappa shape index (κ1) is 30.3. The van der Waals surface area contributed by atoms with E-state index in [0.29, 0.717) is 0 Å². The lowest BCUT2D eigenvalue weighted by Gasteiger charge is -2.47. The molecule has 8 aromatic carbocycles. The van der Waals surface area contributed by atoms with Gasteiger partial charge < -0.3 is 14.5 Å². The Bertz CT molecular complexity index is 2840. The molecule has 0 atom stereocenters. The van der Waals surface area contributed by atoms with Crippen LogP contribution in [0.15, 0.2) is 158 Å². The number of ether oxygens (including phenoxy) is 1. The maximum Gasteiger partial charge on any atom is 0.152 e. The van der Waals surface area contributed by atoms with E-state index in [-0.39, 0.29) is 10.8 Å². The maximum atomic E-state index is 6.92. The fourth-order valence-corrected chi connectivity index (χ4v) is 9.66. The third-order valence-corrected chi connectivity index (χ3v) is 12.2. The Morgan fingerprint density at radius 2 is 1.11 bits per heavy atom. The van der Waals surface area contributed by atoms with Crippen molar-refractivity contribution in [2.24, 2.45) is 0 Å². The molecule has 3 heteroatoms. The number of nitrogens with zero attached hydrogens (tertiary/aromatic N) is 2. The minimum atomic E-state index is -0.367. The van der Waals surface area contributed by atoms with E-state index >= 15 is 0 Å². The first-order chi connectivity index (χ1) is 25.8. The molecule has 0 spiro atoms. The molecule has 254 valence electrons.